The molecule has 2 N–H and O–H groups in total. The highest BCUT2D eigenvalue weighted by molar-refractivity contribution is 9.10. The number of hydrogen-bond acceptors (Lipinski definition) is 9. The number of amides is 3. The first kappa shape index (κ1) is 38.8. The third-order valence-corrected chi connectivity index (χ3v) is 6.16. The van der Waals surface area contributed by atoms with Crippen LogP contribution in [0.1, 0.15) is 105 Å². The summed E-state index contributed by atoms with van der Waals surface area (Å²) in [6.45, 7) is 15.8. The number of carbonyl (C=O) groups excluding carboxylic acids is 5. The zero-order valence-corrected chi connectivity index (χ0v) is 29.3. The summed E-state index contributed by atoms with van der Waals surface area (Å²) in [7, 11) is 1.44. The van der Waals surface area contributed by atoms with Crippen LogP contribution in [0.3, 0.4) is 0 Å². The molecule has 0 aromatic carbocycles. The maximum atomic E-state index is 13.4. The fourth-order valence-electron chi connectivity index (χ4n) is 3.79. The van der Waals surface area contributed by atoms with Gasteiger partial charge in [0.05, 0.1) is 5.56 Å². The van der Waals surface area contributed by atoms with Crippen molar-refractivity contribution in [2.24, 2.45) is 0 Å². The number of nitrogens with one attached hydrogen (secondary N) is 2. The lowest BCUT2D eigenvalue weighted by Gasteiger charge is -2.31. The number of likely N-dealkylation sites (N-methyl/N-ethyl adjacent to an activating group) is 1. The molecule has 0 spiro atoms. The average Bonchev–Trinajstić information content (AvgIpc) is 2.85. The minimum absolute atomic E-state index is 0.0614. The molecule has 0 bridgehead atoms. The van der Waals surface area contributed by atoms with Gasteiger partial charge in [-0.25, -0.2) is 19.4 Å². The Morgan fingerprint density at radius 2 is 1.41 bits per heavy atom. The van der Waals surface area contributed by atoms with E-state index in [1.807, 2.05) is 0 Å². The Balaban J connectivity index is 2.95. The van der Waals surface area contributed by atoms with E-state index in [1.165, 1.54) is 18.1 Å². The number of esters is 3. The zero-order valence-electron chi connectivity index (χ0n) is 27.7. The second kappa shape index (κ2) is 16.7. The summed E-state index contributed by atoms with van der Waals surface area (Å²) in [5.74, 6) is -2.12. The summed E-state index contributed by atoms with van der Waals surface area (Å²) >= 11 is 3.23. The largest absolute Gasteiger partial charge is 0.460 e. The molecule has 1 rings (SSSR count). The van der Waals surface area contributed by atoms with Gasteiger partial charge >= 0.3 is 23.9 Å². The summed E-state index contributed by atoms with van der Waals surface area (Å²) < 4.78 is 17.0. The van der Waals surface area contributed by atoms with Gasteiger partial charge in [0, 0.05) is 26.2 Å². The molecule has 0 aliphatic carbocycles. The Hall–Kier alpha value is -3.22. The average molecular weight is 686 g/mol. The predicted molar refractivity (Wildman–Crippen MR) is 169 cm³/mol. The highest BCUT2D eigenvalue weighted by Gasteiger charge is 2.34. The maximum Gasteiger partial charge on any atom is 0.329 e. The van der Waals surface area contributed by atoms with Crippen LogP contribution in [0.2, 0.25) is 0 Å². The standard InChI is InChI=1S/C31H49BrN4O8/c1-29(2,3)42-24(37)17-15-21(26(39)43-30(4,5)6)35-28(41)36(10)22(27(40)44-31(7,8)9)13-11-12-18-33-25(38)20-14-16-23(32)34-19-20/h14,16,19,21-22H,11-13,15,17-18H2,1-10H3,(H,33,38)(H,35,41)/t21-,22-/m0/s1. The highest BCUT2D eigenvalue weighted by atomic mass is 79.9. The van der Waals surface area contributed by atoms with E-state index < -0.39 is 52.8 Å². The molecule has 1 aromatic heterocycles. The van der Waals surface area contributed by atoms with Gasteiger partial charge in [-0.3, -0.25) is 9.59 Å². The van der Waals surface area contributed by atoms with Crippen LogP contribution < -0.4 is 10.6 Å². The Morgan fingerprint density at radius 1 is 0.841 bits per heavy atom. The number of carbonyl (C=O) groups is 5. The third kappa shape index (κ3) is 16.0. The van der Waals surface area contributed by atoms with Crippen LogP contribution in [0.5, 0.6) is 0 Å². The first-order valence-corrected chi connectivity index (χ1v) is 15.5. The molecular weight excluding hydrogens is 636 g/mol. The number of hydrogen-bond donors (Lipinski definition) is 2. The second-order valence-electron chi connectivity index (χ2n) is 13.4. The minimum Gasteiger partial charge on any atom is -0.460 e. The summed E-state index contributed by atoms with van der Waals surface area (Å²) in [6.07, 6.45) is 2.51. The maximum absolute atomic E-state index is 13.4. The Bertz CT molecular complexity index is 1140. The van der Waals surface area contributed by atoms with Gasteiger partial charge in [-0.2, -0.15) is 0 Å². The second-order valence-corrected chi connectivity index (χ2v) is 14.3. The number of rotatable bonds is 13. The SMILES string of the molecule is CN(C(=O)N[C@@H](CCC(=O)OC(C)(C)C)C(=O)OC(C)(C)C)[C@@H](CCCCNC(=O)c1ccc(Br)nc1)C(=O)OC(C)(C)C. The Morgan fingerprint density at radius 3 is 1.93 bits per heavy atom. The number of halogens is 1. The van der Waals surface area contributed by atoms with Gasteiger partial charge in [0.15, 0.2) is 0 Å². The van der Waals surface area contributed by atoms with Crippen molar-refractivity contribution in [1.82, 2.24) is 20.5 Å². The van der Waals surface area contributed by atoms with E-state index >= 15 is 0 Å². The van der Waals surface area contributed by atoms with Gasteiger partial charge in [-0.1, -0.05) is 0 Å². The molecule has 44 heavy (non-hydrogen) atoms. The quantitative estimate of drug-likeness (QED) is 0.127. The van der Waals surface area contributed by atoms with E-state index in [-0.39, 0.29) is 25.2 Å². The molecule has 12 nitrogen and oxygen atoms in total. The molecular formula is C31H49BrN4O8. The summed E-state index contributed by atoms with van der Waals surface area (Å²) in [6, 6.07) is 0.463. The van der Waals surface area contributed by atoms with Crippen LogP contribution in [-0.4, -0.2) is 82.2 Å². The number of unbranched alkanes of at least 4 members (excludes halogenated alkanes) is 1. The monoisotopic (exact) mass is 684 g/mol. The van der Waals surface area contributed by atoms with Crippen molar-refractivity contribution in [3.63, 3.8) is 0 Å². The molecule has 3 amide bonds. The van der Waals surface area contributed by atoms with Crippen LogP contribution in [-0.2, 0) is 28.6 Å². The number of aromatic nitrogens is 1. The Labute approximate surface area is 269 Å². The molecule has 1 heterocycles. The van der Waals surface area contributed by atoms with E-state index in [0.29, 0.717) is 29.6 Å². The predicted octanol–water partition coefficient (Wildman–Crippen LogP) is 4.93. The van der Waals surface area contributed by atoms with Crippen molar-refractivity contribution >= 4 is 45.8 Å². The number of urea groups is 1. The molecule has 1 aromatic rings. The molecule has 248 valence electrons. The highest BCUT2D eigenvalue weighted by Crippen LogP contribution is 2.17. The molecule has 0 unspecified atom stereocenters. The number of pyridine rings is 1. The molecule has 2 atom stereocenters. The summed E-state index contributed by atoms with van der Waals surface area (Å²) in [5, 5.41) is 5.44. The lowest BCUT2D eigenvalue weighted by Crippen LogP contribution is -2.53. The van der Waals surface area contributed by atoms with E-state index in [9.17, 15) is 24.0 Å². The van der Waals surface area contributed by atoms with Crippen LogP contribution in [0.25, 0.3) is 0 Å². The van der Waals surface area contributed by atoms with E-state index in [4.69, 9.17) is 14.2 Å². The minimum atomic E-state index is -1.17. The molecule has 0 saturated carbocycles. The molecule has 0 aliphatic heterocycles. The van der Waals surface area contributed by atoms with Crippen LogP contribution in [0, 0.1) is 0 Å². The van der Waals surface area contributed by atoms with E-state index in [0.717, 1.165) is 0 Å². The van der Waals surface area contributed by atoms with Crippen LogP contribution in [0.4, 0.5) is 4.79 Å². The number of ether oxygens (including phenoxy) is 3. The lowest BCUT2D eigenvalue weighted by atomic mass is 10.1. The zero-order chi connectivity index (χ0) is 33.9. The van der Waals surface area contributed by atoms with Gasteiger partial charge < -0.3 is 29.7 Å². The summed E-state index contributed by atoms with van der Waals surface area (Å²) in [4.78, 5) is 69.5. The van der Waals surface area contributed by atoms with Gasteiger partial charge in [0.1, 0.15) is 33.5 Å². The normalized spacial score (nSPS) is 13.2. The molecule has 13 heteroatoms. The van der Waals surface area contributed by atoms with Gasteiger partial charge in [-0.15, -0.1) is 0 Å². The van der Waals surface area contributed by atoms with Crippen molar-refractivity contribution in [3.8, 4) is 0 Å². The molecule has 0 aliphatic rings. The topological polar surface area (TPSA) is 153 Å². The van der Waals surface area contributed by atoms with Gasteiger partial charge in [0.25, 0.3) is 5.91 Å². The van der Waals surface area contributed by atoms with Gasteiger partial charge in [0.2, 0.25) is 0 Å². The van der Waals surface area contributed by atoms with E-state index in [1.54, 1.807) is 74.4 Å². The van der Waals surface area contributed by atoms with Gasteiger partial charge in [-0.05, 0) is 116 Å². The van der Waals surface area contributed by atoms with Crippen LogP contribution in [0.15, 0.2) is 22.9 Å². The van der Waals surface area contributed by atoms with Crippen molar-refractivity contribution < 1.29 is 38.2 Å². The summed E-state index contributed by atoms with van der Waals surface area (Å²) in [5.41, 5.74) is -1.92. The number of nitrogens with zero attached hydrogens (tertiary/aromatic N) is 2. The molecule has 0 radical (unpaired) electrons. The van der Waals surface area contributed by atoms with Crippen LogP contribution >= 0.6 is 15.9 Å². The third-order valence-electron chi connectivity index (χ3n) is 5.69. The fourth-order valence-corrected chi connectivity index (χ4v) is 4.02. The van der Waals surface area contributed by atoms with Crippen molar-refractivity contribution in [2.45, 2.75) is 123 Å². The molecule has 0 saturated heterocycles. The first-order valence-electron chi connectivity index (χ1n) is 14.7. The first-order chi connectivity index (χ1) is 20.1. The Kier molecular flexibility index (Phi) is 14.8. The van der Waals surface area contributed by atoms with Crippen molar-refractivity contribution in [2.75, 3.05) is 13.6 Å². The van der Waals surface area contributed by atoms with Crippen molar-refractivity contribution in [3.05, 3.63) is 28.5 Å². The molecule has 0 fully saturated rings. The smallest absolute Gasteiger partial charge is 0.329 e. The van der Waals surface area contributed by atoms with Crippen molar-refractivity contribution in [1.29, 1.82) is 0 Å². The fraction of sp³-hybridized carbons (Fsp3) is 0.677. The lowest BCUT2D eigenvalue weighted by molar-refractivity contribution is -0.160. The van der Waals surface area contributed by atoms with E-state index in [2.05, 4.69) is 31.5 Å².